The Morgan fingerprint density at radius 3 is 2.56 bits per heavy atom. The molecule has 0 aromatic heterocycles. The molecule has 0 saturated carbocycles. The Kier molecular flexibility index (Phi) is 7.26. The lowest BCUT2D eigenvalue weighted by atomic mass is 10.2. The molecule has 0 amide bonds. The van der Waals surface area contributed by atoms with Crippen molar-refractivity contribution in [3.05, 3.63) is 24.3 Å². The molecule has 1 rings (SSSR count). The average molecular weight is 250 g/mol. The monoisotopic (exact) mass is 250 g/mol. The Hall–Kier alpha value is -1.22. The molecule has 18 heavy (non-hydrogen) atoms. The second-order valence-corrected chi connectivity index (χ2v) is 4.61. The van der Waals surface area contributed by atoms with Gasteiger partial charge in [0.05, 0.1) is 12.8 Å². The van der Waals surface area contributed by atoms with Crippen LogP contribution in [-0.4, -0.2) is 34.3 Å². The van der Waals surface area contributed by atoms with Crippen LogP contribution in [0.1, 0.15) is 25.7 Å². The number of rotatable bonds is 9. The first-order chi connectivity index (χ1) is 8.79. The molecule has 0 aliphatic heterocycles. The van der Waals surface area contributed by atoms with Gasteiger partial charge < -0.3 is 15.0 Å². The van der Waals surface area contributed by atoms with Crippen LogP contribution >= 0.6 is 0 Å². The van der Waals surface area contributed by atoms with Gasteiger partial charge in [0.25, 0.3) is 0 Å². The summed E-state index contributed by atoms with van der Waals surface area (Å²) in [4.78, 5) is 2.27. The van der Waals surface area contributed by atoms with Crippen LogP contribution in [-0.2, 0) is 0 Å². The van der Waals surface area contributed by atoms with E-state index in [1.807, 2.05) is 19.2 Å². The summed E-state index contributed by atoms with van der Waals surface area (Å²) in [5, 5.41) is 3.18. The molecule has 0 heterocycles. The summed E-state index contributed by atoms with van der Waals surface area (Å²) < 4.78 is 5.38. The Balaban J connectivity index is 2.29. The van der Waals surface area contributed by atoms with Gasteiger partial charge in [0, 0.05) is 13.6 Å². The van der Waals surface area contributed by atoms with Crippen molar-refractivity contribution < 1.29 is 4.74 Å². The Morgan fingerprint density at radius 1 is 1.11 bits per heavy atom. The van der Waals surface area contributed by atoms with Crippen molar-refractivity contribution in [2.24, 2.45) is 0 Å². The van der Waals surface area contributed by atoms with Crippen LogP contribution < -0.4 is 15.0 Å². The smallest absolute Gasteiger partial charge is 0.142 e. The second-order valence-electron chi connectivity index (χ2n) is 4.61. The maximum atomic E-state index is 5.38. The summed E-state index contributed by atoms with van der Waals surface area (Å²) in [7, 11) is 5.87. The first-order valence-corrected chi connectivity index (χ1v) is 6.78. The molecule has 0 spiro atoms. The Labute approximate surface area is 111 Å². The summed E-state index contributed by atoms with van der Waals surface area (Å²) >= 11 is 0. The predicted octanol–water partition coefficient (Wildman–Crippen LogP) is 2.91. The van der Waals surface area contributed by atoms with Crippen LogP contribution in [0.15, 0.2) is 24.3 Å². The van der Waals surface area contributed by atoms with Gasteiger partial charge in [-0.1, -0.05) is 25.0 Å². The maximum absolute atomic E-state index is 5.38. The highest BCUT2D eigenvalue weighted by molar-refractivity contribution is 5.57. The van der Waals surface area contributed by atoms with Crippen molar-refractivity contribution in [3.8, 4) is 5.75 Å². The van der Waals surface area contributed by atoms with Crippen LogP contribution in [0.25, 0.3) is 0 Å². The summed E-state index contributed by atoms with van der Waals surface area (Å²) in [5.41, 5.74) is 1.18. The van der Waals surface area contributed by atoms with Gasteiger partial charge in [-0.15, -0.1) is 0 Å². The molecule has 0 radical (unpaired) electrons. The van der Waals surface area contributed by atoms with Gasteiger partial charge in [-0.2, -0.15) is 0 Å². The zero-order chi connectivity index (χ0) is 13.2. The summed E-state index contributed by atoms with van der Waals surface area (Å²) in [6.07, 6.45) is 5.11. The van der Waals surface area contributed by atoms with Crippen molar-refractivity contribution in [1.29, 1.82) is 0 Å². The average Bonchev–Trinajstić information content (AvgIpc) is 2.42. The number of anilines is 1. The molecule has 1 aromatic rings. The first-order valence-electron chi connectivity index (χ1n) is 6.78. The molecular weight excluding hydrogens is 224 g/mol. The molecule has 0 aliphatic carbocycles. The molecular formula is C15H26N2O. The van der Waals surface area contributed by atoms with Crippen LogP contribution in [0.4, 0.5) is 5.69 Å². The van der Waals surface area contributed by atoms with Crippen LogP contribution in [0.5, 0.6) is 5.75 Å². The van der Waals surface area contributed by atoms with Gasteiger partial charge in [0.1, 0.15) is 5.75 Å². The molecule has 0 bridgehead atoms. The highest BCUT2D eigenvalue weighted by atomic mass is 16.5. The first kappa shape index (κ1) is 14.8. The molecule has 1 aromatic carbocycles. The van der Waals surface area contributed by atoms with Gasteiger partial charge in [-0.3, -0.25) is 0 Å². The fourth-order valence-electron chi connectivity index (χ4n) is 2.07. The highest BCUT2D eigenvalue weighted by Gasteiger charge is 2.06. The Bertz CT molecular complexity index is 328. The highest BCUT2D eigenvalue weighted by Crippen LogP contribution is 2.26. The number of methoxy groups -OCH3 is 1. The van der Waals surface area contributed by atoms with Crippen LogP contribution in [0.2, 0.25) is 0 Å². The molecule has 0 fully saturated rings. The Morgan fingerprint density at radius 2 is 1.83 bits per heavy atom. The fraction of sp³-hybridized carbons (Fsp3) is 0.600. The SMILES string of the molecule is CNCCCCCCN(C)c1ccccc1OC. The van der Waals surface area contributed by atoms with Gasteiger partial charge in [-0.25, -0.2) is 0 Å². The van der Waals surface area contributed by atoms with E-state index in [1.165, 1.54) is 31.4 Å². The number of para-hydroxylation sites is 2. The number of nitrogens with zero attached hydrogens (tertiary/aromatic N) is 1. The minimum absolute atomic E-state index is 0.954. The van der Waals surface area contributed by atoms with Gasteiger partial charge in [0.2, 0.25) is 0 Å². The lowest BCUT2D eigenvalue weighted by molar-refractivity contribution is 0.414. The van der Waals surface area contributed by atoms with Crippen molar-refractivity contribution in [2.75, 3.05) is 39.2 Å². The number of nitrogens with one attached hydrogen (secondary N) is 1. The van der Waals surface area contributed by atoms with Crippen LogP contribution in [0.3, 0.4) is 0 Å². The van der Waals surface area contributed by atoms with E-state index < -0.39 is 0 Å². The van der Waals surface area contributed by atoms with Gasteiger partial charge in [-0.05, 0) is 38.6 Å². The minimum atomic E-state index is 0.954. The van der Waals surface area contributed by atoms with Gasteiger partial charge >= 0.3 is 0 Å². The number of unbranched alkanes of at least 4 members (excludes halogenated alkanes) is 3. The number of benzene rings is 1. The normalized spacial score (nSPS) is 10.4. The lowest BCUT2D eigenvalue weighted by Gasteiger charge is -2.21. The van der Waals surface area contributed by atoms with E-state index in [-0.39, 0.29) is 0 Å². The molecule has 102 valence electrons. The van der Waals surface area contributed by atoms with E-state index in [0.717, 1.165) is 18.8 Å². The molecule has 0 aliphatic rings. The number of ether oxygens (including phenoxy) is 1. The van der Waals surface area contributed by atoms with E-state index in [4.69, 9.17) is 4.74 Å². The van der Waals surface area contributed by atoms with Crippen molar-refractivity contribution in [3.63, 3.8) is 0 Å². The molecule has 1 N–H and O–H groups in total. The van der Waals surface area contributed by atoms with Crippen molar-refractivity contribution in [1.82, 2.24) is 5.32 Å². The molecule has 0 saturated heterocycles. The number of hydrogen-bond acceptors (Lipinski definition) is 3. The predicted molar refractivity (Wildman–Crippen MR) is 78.7 cm³/mol. The van der Waals surface area contributed by atoms with Crippen LogP contribution in [0, 0.1) is 0 Å². The zero-order valence-corrected chi connectivity index (χ0v) is 11.9. The third-order valence-corrected chi connectivity index (χ3v) is 3.17. The molecule has 0 atom stereocenters. The van der Waals surface area contributed by atoms with E-state index in [1.54, 1.807) is 7.11 Å². The van der Waals surface area contributed by atoms with E-state index in [2.05, 4.69) is 29.4 Å². The fourth-order valence-corrected chi connectivity index (χ4v) is 2.07. The molecule has 3 nitrogen and oxygen atoms in total. The third-order valence-electron chi connectivity index (χ3n) is 3.17. The maximum Gasteiger partial charge on any atom is 0.142 e. The summed E-state index contributed by atoms with van der Waals surface area (Å²) in [6, 6.07) is 8.19. The summed E-state index contributed by atoms with van der Waals surface area (Å²) in [6.45, 7) is 2.21. The van der Waals surface area contributed by atoms with Gasteiger partial charge in [0.15, 0.2) is 0 Å². The summed E-state index contributed by atoms with van der Waals surface area (Å²) in [5.74, 6) is 0.954. The van der Waals surface area contributed by atoms with Crippen molar-refractivity contribution in [2.45, 2.75) is 25.7 Å². The standard InChI is InChI=1S/C15H26N2O/c1-16-12-8-4-5-9-13-17(2)14-10-6-7-11-15(14)18-3/h6-7,10-11,16H,4-5,8-9,12-13H2,1-3H3. The lowest BCUT2D eigenvalue weighted by Crippen LogP contribution is -2.19. The van der Waals surface area contributed by atoms with E-state index in [9.17, 15) is 0 Å². The second kappa shape index (κ2) is 8.81. The van der Waals surface area contributed by atoms with Crippen molar-refractivity contribution >= 4 is 5.69 Å². The third kappa shape index (κ3) is 4.96. The zero-order valence-electron chi connectivity index (χ0n) is 11.9. The largest absolute Gasteiger partial charge is 0.495 e. The van der Waals surface area contributed by atoms with E-state index in [0.29, 0.717) is 0 Å². The topological polar surface area (TPSA) is 24.5 Å². The molecule has 3 heteroatoms. The minimum Gasteiger partial charge on any atom is -0.495 e. The van der Waals surface area contributed by atoms with E-state index >= 15 is 0 Å². The number of hydrogen-bond donors (Lipinski definition) is 1. The quantitative estimate of drug-likeness (QED) is 0.682. The molecule has 0 unspecified atom stereocenters.